The number of aromatic nitrogens is 2. The second kappa shape index (κ2) is 5.37. The molecule has 0 aliphatic heterocycles. The molecule has 0 aliphatic carbocycles. The van der Waals surface area contributed by atoms with Gasteiger partial charge in [-0.05, 0) is 43.0 Å². The van der Waals surface area contributed by atoms with E-state index in [0.29, 0.717) is 21.4 Å². The molecular formula is C12H9ClN2O2S. The first kappa shape index (κ1) is 12.9. The summed E-state index contributed by atoms with van der Waals surface area (Å²) in [5.41, 5.74) is 0.813. The molecule has 0 aliphatic rings. The third kappa shape index (κ3) is 3.21. The number of hydrogen-bond donors (Lipinski definition) is 1. The fourth-order valence-corrected chi connectivity index (χ4v) is 2.23. The Labute approximate surface area is 112 Å². The molecule has 6 heteroatoms. The van der Waals surface area contributed by atoms with Crippen molar-refractivity contribution in [2.45, 2.75) is 12.1 Å². The van der Waals surface area contributed by atoms with Crippen LogP contribution >= 0.6 is 23.4 Å². The molecule has 1 aromatic heterocycles. The predicted molar refractivity (Wildman–Crippen MR) is 71.2 cm³/mol. The second-order valence-electron chi connectivity index (χ2n) is 3.59. The van der Waals surface area contributed by atoms with Crippen molar-refractivity contribution in [3.8, 4) is 0 Å². The Morgan fingerprint density at radius 3 is 2.61 bits per heavy atom. The molecule has 0 atom stereocenters. The van der Waals surface area contributed by atoms with Gasteiger partial charge in [-0.25, -0.2) is 4.98 Å². The quantitative estimate of drug-likeness (QED) is 0.678. The molecule has 0 saturated heterocycles. The minimum Gasteiger partial charge on any atom is -0.301 e. The molecule has 0 unspecified atom stereocenters. The number of thioether (sulfide) groups is 1. The average molecular weight is 281 g/mol. The Morgan fingerprint density at radius 1 is 1.33 bits per heavy atom. The Kier molecular flexibility index (Phi) is 3.84. The van der Waals surface area contributed by atoms with Gasteiger partial charge in [0.15, 0.2) is 5.16 Å². The summed E-state index contributed by atoms with van der Waals surface area (Å²) < 4.78 is 0. The minimum atomic E-state index is -0.270. The molecule has 1 heterocycles. The van der Waals surface area contributed by atoms with E-state index in [1.54, 1.807) is 31.2 Å². The van der Waals surface area contributed by atoms with Crippen LogP contribution in [0.5, 0.6) is 0 Å². The summed E-state index contributed by atoms with van der Waals surface area (Å²) in [6.07, 6.45) is 0. The van der Waals surface area contributed by atoms with Crippen LogP contribution in [0.25, 0.3) is 0 Å². The number of nitrogens with zero attached hydrogens (tertiary/aromatic N) is 1. The van der Waals surface area contributed by atoms with E-state index in [1.165, 1.54) is 6.07 Å². The maximum absolute atomic E-state index is 11.9. The van der Waals surface area contributed by atoms with Gasteiger partial charge in [0.05, 0.1) is 0 Å². The number of hydrogen-bond acceptors (Lipinski definition) is 4. The molecule has 92 valence electrons. The van der Waals surface area contributed by atoms with Gasteiger partial charge in [-0.15, -0.1) is 0 Å². The van der Waals surface area contributed by atoms with Crippen molar-refractivity contribution < 1.29 is 4.79 Å². The van der Waals surface area contributed by atoms with E-state index in [4.69, 9.17) is 11.6 Å². The first-order chi connectivity index (χ1) is 8.54. The number of benzene rings is 1. The van der Waals surface area contributed by atoms with Crippen LogP contribution in [-0.4, -0.2) is 15.1 Å². The summed E-state index contributed by atoms with van der Waals surface area (Å²) in [5.74, 6) is 0. The lowest BCUT2D eigenvalue weighted by Crippen LogP contribution is -2.09. The van der Waals surface area contributed by atoms with Crippen LogP contribution in [0.15, 0.2) is 40.3 Å². The SMILES string of the molecule is Cc1cc(=O)[nH]c(SC(=O)c2ccc(Cl)cc2)n1. The van der Waals surface area contributed by atoms with Crippen molar-refractivity contribution in [1.82, 2.24) is 9.97 Å². The average Bonchev–Trinajstić information content (AvgIpc) is 2.28. The highest BCUT2D eigenvalue weighted by Gasteiger charge is 2.10. The van der Waals surface area contributed by atoms with Crippen LogP contribution in [-0.2, 0) is 0 Å². The summed E-state index contributed by atoms with van der Waals surface area (Å²) >= 11 is 6.62. The maximum atomic E-state index is 11.9. The smallest absolute Gasteiger partial charge is 0.251 e. The topological polar surface area (TPSA) is 62.8 Å². The molecule has 0 bridgehead atoms. The van der Waals surface area contributed by atoms with Gasteiger partial charge >= 0.3 is 0 Å². The Morgan fingerprint density at radius 2 is 2.00 bits per heavy atom. The number of rotatable bonds is 2. The molecule has 0 fully saturated rings. The first-order valence-corrected chi connectivity index (χ1v) is 6.30. The van der Waals surface area contributed by atoms with E-state index in [1.807, 2.05) is 0 Å². The highest BCUT2D eigenvalue weighted by molar-refractivity contribution is 8.14. The van der Waals surface area contributed by atoms with Gasteiger partial charge in [0, 0.05) is 22.3 Å². The van der Waals surface area contributed by atoms with Crippen molar-refractivity contribution in [2.24, 2.45) is 0 Å². The zero-order valence-corrected chi connectivity index (χ0v) is 11.0. The fourth-order valence-electron chi connectivity index (χ4n) is 1.33. The number of nitrogens with one attached hydrogen (secondary N) is 1. The molecular weight excluding hydrogens is 272 g/mol. The summed E-state index contributed by atoms with van der Waals surface area (Å²) in [6.45, 7) is 1.70. The highest BCUT2D eigenvalue weighted by atomic mass is 35.5. The van der Waals surface area contributed by atoms with Gasteiger partial charge in [-0.1, -0.05) is 11.6 Å². The van der Waals surface area contributed by atoms with Gasteiger partial charge in [-0.3, -0.25) is 9.59 Å². The standard InChI is InChI=1S/C12H9ClN2O2S/c1-7-6-10(16)15-12(14-7)18-11(17)8-2-4-9(13)5-3-8/h2-6H,1H3,(H,14,15,16). The first-order valence-electron chi connectivity index (χ1n) is 5.10. The van der Waals surface area contributed by atoms with Crippen LogP contribution in [0.3, 0.4) is 0 Å². The third-order valence-electron chi connectivity index (χ3n) is 2.12. The van der Waals surface area contributed by atoms with Crippen LogP contribution in [0.4, 0.5) is 0 Å². The van der Waals surface area contributed by atoms with E-state index >= 15 is 0 Å². The van der Waals surface area contributed by atoms with Gasteiger partial charge in [-0.2, -0.15) is 0 Å². The zero-order valence-electron chi connectivity index (χ0n) is 9.44. The maximum Gasteiger partial charge on any atom is 0.251 e. The molecule has 0 spiro atoms. The number of carbonyl (C=O) groups excluding carboxylic acids is 1. The molecule has 1 aromatic carbocycles. The van der Waals surface area contributed by atoms with E-state index < -0.39 is 0 Å². The van der Waals surface area contributed by atoms with Crippen molar-refractivity contribution >= 4 is 28.5 Å². The van der Waals surface area contributed by atoms with Crippen LogP contribution in [0, 0.1) is 6.92 Å². The number of aromatic amines is 1. The van der Waals surface area contributed by atoms with Crippen molar-refractivity contribution in [1.29, 1.82) is 0 Å². The molecule has 0 amide bonds. The minimum absolute atomic E-state index is 0.194. The van der Waals surface area contributed by atoms with Gasteiger partial charge in [0.2, 0.25) is 5.12 Å². The Bertz CT molecular complexity index is 637. The number of carbonyl (C=O) groups is 1. The number of halogens is 1. The normalized spacial score (nSPS) is 10.3. The summed E-state index contributed by atoms with van der Waals surface area (Å²) in [4.78, 5) is 29.7. The zero-order chi connectivity index (χ0) is 13.1. The molecule has 4 nitrogen and oxygen atoms in total. The number of H-pyrrole nitrogens is 1. The largest absolute Gasteiger partial charge is 0.301 e. The monoisotopic (exact) mass is 280 g/mol. The van der Waals surface area contributed by atoms with E-state index in [9.17, 15) is 9.59 Å². The number of aryl methyl sites for hydroxylation is 1. The molecule has 0 saturated carbocycles. The summed E-state index contributed by atoms with van der Waals surface area (Å²) in [7, 11) is 0. The summed E-state index contributed by atoms with van der Waals surface area (Å²) in [6, 6.07) is 7.91. The highest BCUT2D eigenvalue weighted by Crippen LogP contribution is 2.19. The van der Waals surface area contributed by atoms with Crippen molar-refractivity contribution in [3.05, 3.63) is 57.0 Å². The fraction of sp³-hybridized carbons (Fsp3) is 0.0833. The summed E-state index contributed by atoms with van der Waals surface area (Å²) in [5, 5.41) is 0.666. The van der Waals surface area contributed by atoms with Gasteiger partial charge in [0.25, 0.3) is 5.56 Å². The second-order valence-corrected chi connectivity index (χ2v) is 4.99. The lowest BCUT2D eigenvalue weighted by atomic mass is 10.2. The Balaban J connectivity index is 2.21. The molecule has 18 heavy (non-hydrogen) atoms. The van der Waals surface area contributed by atoms with Gasteiger partial charge < -0.3 is 4.98 Å². The van der Waals surface area contributed by atoms with E-state index in [0.717, 1.165) is 11.8 Å². The van der Waals surface area contributed by atoms with Crippen LogP contribution < -0.4 is 5.56 Å². The lowest BCUT2D eigenvalue weighted by Gasteiger charge is -2.01. The van der Waals surface area contributed by atoms with Crippen molar-refractivity contribution in [2.75, 3.05) is 0 Å². The third-order valence-corrected chi connectivity index (χ3v) is 3.18. The van der Waals surface area contributed by atoms with Gasteiger partial charge in [0.1, 0.15) is 0 Å². The van der Waals surface area contributed by atoms with Crippen LogP contribution in [0.2, 0.25) is 5.02 Å². The van der Waals surface area contributed by atoms with E-state index in [2.05, 4.69) is 9.97 Å². The predicted octanol–water partition coefficient (Wildman–Crippen LogP) is 2.66. The molecule has 0 radical (unpaired) electrons. The molecule has 2 aromatic rings. The molecule has 2 rings (SSSR count). The van der Waals surface area contributed by atoms with Crippen LogP contribution in [0.1, 0.15) is 16.1 Å². The Hall–Kier alpha value is -1.59. The molecule has 1 N–H and O–H groups in total. The van der Waals surface area contributed by atoms with E-state index in [-0.39, 0.29) is 10.7 Å². The van der Waals surface area contributed by atoms with Crippen molar-refractivity contribution in [3.63, 3.8) is 0 Å². The lowest BCUT2D eigenvalue weighted by molar-refractivity contribution is 0.108.